The number of urea groups is 1. The lowest BCUT2D eigenvalue weighted by Crippen LogP contribution is -2.44. The number of hydrogen-bond donors (Lipinski definition) is 2. The Labute approximate surface area is 144 Å². The number of benzene rings is 1. The van der Waals surface area contributed by atoms with Gasteiger partial charge in [-0.2, -0.15) is 0 Å². The fraction of sp³-hybridized carbons (Fsp3) is 0.632. The monoisotopic (exact) mass is 332 g/mol. The van der Waals surface area contributed by atoms with E-state index >= 15 is 0 Å². The first-order valence-corrected chi connectivity index (χ1v) is 9.12. The standard InChI is InChI=1S/C19H28N2O3/c1-14(22)15-5-4-12-21(13-15)19(23)20-16-8-10-18(11-9-16)24-17-6-2-3-7-17/h8-11,14-15,17,22H,2-7,12-13H2,1H3,(H,20,23). The summed E-state index contributed by atoms with van der Waals surface area (Å²) in [6, 6.07) is 7.52. The highest BCUT2D eigenvalue weighted by atomic mass is 16.5. The Morgan fingerprint density at radius 3 is 2.58 bits per heavy atom. The lowest BCUT2D eigenvalue weighted by atomic mass is 9.94. The molecule has 5 heteroatoms. The Kier molecular flexibility index (Phi) is 5.61. The van der Waals surface area contributed by atoms with Crippen molar-refractivity contribution in [2.75, 3.05) is 18.4 Å². The second-order valence-electron chi connectivity index (χ2n) is 7.07. The van der Waals surface area contributed by atoms with Crippen LogP contribution < -0.4 is 10.1 Å². The van der Waals surface area contributed by atoms with E-state index in [0.717, 1.165) is 43.7 Å². The maximum absolute atomic E-state index is 12.4. The van der Waals surface area contributed by atoms with E-state index in [1.807, 2.05) is 24.3 Å². The summed E-state index contributed by atoms with van der Waals surface area (Å²) < 4.78 is 5.94. The summed E-state index contributed by atoms with van der Waals surface area (Å²) in [5.41, 5.74) is 0.776. The molecule has 0 radical (unpaired) electrons. The fourth-order valence-corrected chi connectivity index (χ4v) is 3.61. The molecule has 2 unspecified atom stereocenters. The number of carbonyl (C=O) groups is 1. The van der Waals surface area contributed by atoms with Gasteiger partial charge in [-0.15, -0.1) is 0 Å². The first kappa shape index (κ1) is 17.1. The average molecular weight is 332 g/mol. The SMILES string of the molecule is CC(O)C1CCCN(C(=O)Nc2ccc(OC3CCCC3)cc2)C1. The van der Waals surface area contributed by atoms with E-state index in [2.05, 4.69) is 5.32 Å². The van der Waals surface area contributed by atoms with Gasteiger partial charge < -0.3 is 20.1 Å². The molecule has 2 aliphatic rings. The predicted molar refractivity (Wildman–Crippen MR) is 94.3 cm³/mol. The van der Waals surface area contributed by atoms with Gasteiger partial charge in [-0.1, -0.05) is 0 Å². The Balaban J connectivity index is 1.52. The smallest absolute Gasteiger partial charge is 0.321 e. The quantitative estimate of drug-likeness (QED) is 0.885. The number of aliphatic hydroxyl groups is 1. The fourth-order valence-electron chi connectivity index (χ4n) is 3.61. The molecule has 1 aromatic carbocycles. The molecule has 3 rings (SSSR count). The number of anilines is 1. The van der Waals surface area contributed by atoms with Crippen molar-refractivity contribution in [1.29, 1.82) is 0 Å². The minimum atomic E-state index is -0.368. The van der Waals surface area contributed by atoms with Crippen LogP contribution in [0.4, 0.5) is 10.5 Å². The Bertz CT molecular complexity index is 538. The molecule has 132 valence electrons. The maximum Gasteiger partial charge on any atom is 0.321 e. The van der Waals surface area contributed by atoms with Gasteiger partial charge in [-0.25, -0.2) is 4.79 Å². The first-order valence-electron chi connectivity index (χ1n) is 9.12. The molecule has 0 aromatic heterocycles. The zero-order valence-electron chi connectivity index (χ0n) is 14.4. The predicted octanol–water partition coefficient (Wildman–Crippen LogP) is 3.63. The Hall–Kier alpha value is -1.75. The molecule has 0 bridgehead atoms. The normalized spacial score (nSPS) is 23.1. The van der Waals surface area contributed by atoms with E-state index in [0.29, 0.717) is 12.6 Å². The van der Waals surface area contributed by atoms with Crippen LogP contribution in [0.3, 0.4) is 0 Å². The van der Waals surface area contributed by atoms with E-state index in [4.69, 9.17) is 4.74 Å². The number of likely N-dealkylation sites (tertiary alicyclic amines) is 1. The van der Waals surface area contributed by atoms with Crippen molar-refractivity contribution in [3.8, 4) is 5.75 Å². The molecule has 2 amide bonds. The number of ether oxygens (including phenoxy) is 1. The third-order valence-electron chi connectivity index (χ3n) is 5.14. The highest BCUT2D eigenvalue weighted by Crippen LogP contribution is 2.25. The first-order chi connectivity index (χ1) is 11.6. The molecule has 1 heterocycles. The average Bonchev–Trinajstić information content (AvgIpc) is 3.10. The van der Waals surface area contributed by atoms with Crippen LogP contribution in [0.5, 0.6) is 5.75 Å². The largest absolute Gasteiger partial charge is 0.490 e. The summed E-state index contributed by atoms with van der Waals surface area (Å²) in [6.07, 6.45) is 6.68. The van der Waals surface area contributed by atoms with Crippen molar-refractivity contribution >= 4 is 11.7 Å². The zero-order chi connectivity index (χ0) is 16.9. The molecular weight excluding hydrogens is 304 g/mol. The molecular formula is C19H28N2O3. The highest BCUT2D eigenvalue weighted by Gasteiger charge is 2.26. The Morgan fingerprint density at radius 2 is 1.92 bits per heavy atom. The van der Waals surface area contributed by atoms with Crippen LogP contribution in [0, 0.1) is 5.92 Å². The van der Waals surface area contributed by atoms with Gasteiger partial charge in [-0.05, 0) is 69.7 Å². The summed E-state index contributed by atoms with van der Waals surface area (Å²) >= 11 is 0. The minimum Gasteiger partial charge on any atom is -0.490 e. The van der Waals surface area contributed by atoms with Gasteiger partial charge in [0, 0.05) is 24.7 Å². The zero-order valence-corrected chi connectivity index (χ0v) is 14.4. The van der Waals surface area contributed by atoms with Crippen molar-refractivity contribution in [2.45, 2.75) is 57.7 Å². The minimum absolute atomic E-state index is 0.0928. The summed E-state index contributed by atoms with van der Waals surface area (Å²) in [4.78, 5) is 14.2. The van der Waals surface area contributed by atoms with Crippen molar-refractivity contribution < 1.29 is 14.6 Å². The van der Waals surface area contributed by atoms with Crippen molar-refractivity contribution in [1.82, 2.24) is 4.90 Å². The van der Waals surface area contributed by atoms with Gasteiger partial charge in [0.1, 0.15) is 5.75 Å². The van der Waals surface area contributed by atoms with E-state index in [1.54, 1.807) is 11.8 Å². The molecule has 1 saturated heterocycles. The third-order valence-corrected chi connectivity index (χ3v) is 5.14. The van der Waals surface area contributed by atoms with Crippen molar-refractivity contribution in [3.05, 3.63) is 24.3 Å². The van der Waals surface area contributed by atoms with E-state index in [1.165, 1.54) is 12.8 Å². The lowest BCUT2D eigenvalue weighted by Gasteiger charge is -2.34. The molecule has 0 spiro atoms. The number of aliphatic hydroxyl groups excluding tert-OH is 1. The van der Waals surface area contributed by atoms with Gasteiger partial charge >= 0.3 is 6.03 Å². The third kappa shape index (κ3) is 4.41. The maximum atomic E-state index is 12.4. The summed E-state index contributed by atoms with van der Waals surface area (Å²) in [6.45, 7) is 3.17. The van der Waals surface area contributed by atoms with Crippen LogP contribution in [0.15, 0.2) is 24.3 Å². The van der Waals surface area contributed by atoms with Crippen LogP contribution in [0.1, 0.15) is 45.4 Å². The molecule has 1 aliphatic heterocycles. The van der Waals surface area contributed by atoms with Crippen LogP contribution in [-0.2, 0) is 0 Å². The summed E-state index contributed by atoms with van der Waals surface area (Å²) in [5.74, 6) is 1.04. The topological polar surface area (TPSA) is 61.8 Å². The Morgan fingerprint density at radius 1 is 1.21 bits per heavy atom. The van der Waals surface area contributed by atoms with Crippen LogP contribution in [-0.4, -0.2) is 41.3 Å². The number of hydrogen-bond acceptors (Lipinski definition) is 3. The molecule has 1 aliphatic carbocycles. The second kappa shape index (κ2) is 7.88. The van der Waals surface area contributed by atoms with E-state index in [-0.39, 0.29) is 18.1 Å². The van der Waals surface area contributed by atoms with Crippen LogP contribution >= 0.6 is 0 Å². The molecule has 2 atom stereocenters. The van der Waals surface area contributed by atoms with Gasteiger partial charge in [0.15, 0.2) is 0 Å². The molecule has 1 aromatic rings. The number of piperidine rings is 1. The number of nitrogens with one attached hydrogen (secondary N) is 1. The molecule has 2 fully saturated rings. The highest BCUT2D eigenvalue weighted by molar-refractivity contribution is 5.89. The molecule has 5 nitrogen and oxygen atoms in total. The number of nitrogens with zero attached hydrogens (tertiary/aromatic N) is 1. The van der Waals surface area contributed by atoms with Gasteiger partial charge in [0.05, 0.1) is 12.2 Å². The van der Waals surface area contributed by atoms with Crippen LogP contribution in [0.2, 0.25) is 0 Å². The lowest BCUT2D eigenvalue weighted by molar-refractivity contribution is 0.0766. The van der Waals surface area contributed by atoms with Gasteiger partial charge in [0.2, 0.25) is 0 Å². The number of amides is 2. The van der Waals surface area contributed by atoms with E-state index < -0.39 is 0 Å². The van der Waals surface area contributed by atoms with Crippen molar-refractivity contribution in [2.24, 2.45) is 5.92 Å². The second-order valence-corrected chi connectivity index (χ2v) is 7.07. The summed E-state index contributed by atoms with van der Waals surface area (Å²) in [7, 11) is 0. The van der Waals surface area contributed by atoms with Gasteiger partial charge in [-0.3, -0.25) is 0 Å². The molecule has 24 heavy (non-hydrogen) atoms. The molecule has 1 saturated carbocycles. The van der Waals surface area contributed by atoms with Crippen LogP contribution in [0.25, 0.3) is 0 Å². The number of carbonyl (C=O) groups excluding carboxylic acids is 1. The van der Waals surface area contributed by atoms with Gasteiger partial charge in [0.25, 0.3) is 0 Å². The van der Waals surface area contributed by atoms with E-state index in [9.17, 15) is 9.90 Å². The number of rotatable bonds is 4. The molecule has 2 N–H and O–H groups in total. The van der Waals surface area contributed by atoms with Crippen molar-refractivity contribution in [3.63, 3.8) is 0 Å². The summed E-state index contributed by atoms with van der Waals surface area (Å²) in [5, 5.41) is 12.7.